The van der Waals surface area contributed by atoms with E-state index in [0.29, 0.717) is 16.3 Å². The summed E-state index contributed by atoms with van der Waals surface area (Å²) >= 11 is 11.9. The topological polar surface area (TPSA) is 63.6 Å². The third-order valence-electron chi connectivity index (χ3n) is 4.61. The van der Waals surface area contributed by atoms with Gasteiger partial charge >= 0.3 is 5.97 Å². The van der Waals surface area contributed by atoms with Gasteiger partial charge in [-0.3, -0.25) is 0 Å². The van der Waals surface area contributed by atoms with Crippen LogP contribution in [0.5, 0.6) is 0 Å². The molecule has 0 aromatic heterocycles. The Morgan fingerprint density at radius 3 is 1.83 bits per heavy atom. The molecule has 3 aromatic rings. The maximum atomic E-state index is 13.0. The molecule has 0 saturated heterocycles. The summed E-state index contributed by atoms with van der Waals surface area (Å²) in [7, 11) is 0. The van der Waals surface area contributed by atoms with Crippen LogP contribution in [0.4, 0.5) is 0 Å². The molecule has 0 fully saturated rings. The second kappa shape index (κ2) is 9.23. The maximum Gasteiger partial charge on any atom is 0.347 e. The van der Waals surface area contributed by atoms with Gasteiger partial charge in [0.05, 0.1) is 5.92 Å². The van der Waals surface area contributed by atoms with Crippen LogP contribution >= 0.6 is 23.2 Å². The number of ether oxygens (including phenoxy) is 1. The number of hydrogen-bond acceptors (Lipinski definition) is 4. The minimum absolute atomic E-state index is 0.199. The molecule has 29 heavy (non-hydrogen) atoms. The molecule has 3 rings (SSSR count). The molecular formula is C23H18Cl2O4. The zero-order valence-electron chi connectivity index (χ0n) is 15.3. The first-order valence-electron chi connectivity index (χ1n) is 8.87. The van der Waals surface area contributed by atoms with Crippen LogP contribution in [0.2, 0.25) is 10.0 Å². The fraction of sp³-hybridized carbons (Fsp3) is 0.130. The van der Waals surface area contributed by atoms with Crippen molar-refractivity contribution in [3.8, 4) is 0 Å². The highest BCUT2D eigenvalue weighted by molar-refractivity contribution is 6.30. The Bertz CT molecular complexity index is 925. The van der Waals surface area contributed by atoms with Crippen molar-refractivity contribution in [3.05, 3.63) is 106 Å². The molecule has 0 heterocycles. The van der Waals surface area contributed by atoms with E-state index >= 15 is 0 Å². The molecule has 0 aliphatic heterocycles. The number of carbonyl (C=O) groups is 2. The summed E-state index contributed by atoms with van der Waals surface area (Å²) < 4.78 is 5.40. The third kappa shape index (κ3) is 4.67. The van der Waals surface area contributed by atoms with Gasteiger partial charge in [0.15, 0.2) is 0 Å². The minimum Gasteiger partial charge on any atom is -0.462 e. The van der Waals surface area contributed by atoms with Crippen molar-refractivity contribution in [2.75, 3.05) is 6.61 Å². The molecule has 0 amide bonds. The molecule has 3 aromatic carbocycles. The molecule has 0 radical (unpaired) electrons. The predicted molar refractivity (Wildman–Crippen MR) is 112 cm³/mol. The number of halogens is 2. The summed E-state index contributed by atoms with van der Waals surface area (Å²) in [5, 5.41) is 12.3. The molecule has 0 aliphatic rings. The maximum absolute atomic E-state index is 13.0. The molecule has 0 bridgehead atoms. The van der Waals surface area contributed by atoms with Gasteiger partial charge in [0.1, 0.15) is 12.9 Å². The zero-order valence-corrected chi connectivity index (χ0v) is 16.8. The SMILES string of the molecule is O=CC(COC(=O)C(O)(c1ccc(Cl)cc1)c1ccc(Cl)cc1)c1ccccc1. The van der Waals surface area contributed by atoms with Gasteiger partial charge in [-0.15, -0.1) is 0 Å². The van der Waals surface area contributed by atoms with Crippen LogP contribution in [-0.4, -0.2) is 24.0 Å². The Morgan fingerprint density at radius 2 is 1.38 bits per heavy atom. The van der Waals surface area contributed by atoms with Crippen LogP contribution in [0.3, 0.4) is 0 Å². The molecule has 1 atom stereocenters. The Kier molecular flexibility index (Phi) is 6.70. The highest BCUT2D eigenvalue weighted by atomic mass is 35.5. The minimum atomic E-state index is -2.08. The summed E-state index contributed by atoms with van der Waals surface area (Å²) in [6.45, 7) is -0.199. The van der Waals surface area contributed by atoms with Gasteiger partial charge < -0.3 is 14.6 Å². The van der Waals surface area contributed by atoms with Crippen molar-refractivity contribution in [2.45, 2.75) is 11.5 Å². The Labute approximate surface area is 178 Å². The second-order valence-electron chi connectivity index (χ2n) is 6.48. The molecule has 4 nitrogen and oxygen atoms in total. The van der Waals surface area contributed by atoms with E-state index in [4.69, 9.17) is 27.9 Å². The molecule has 6 heteroatoms. The number of carbonyl (C=O) groups excluding carboxylic acids is 2. The first kappa shape index (κ1) is 21.1. The first-order chi connectivity index (χ1) is 13.9. The summed E-state index contributed by atoms with van der Waals surface area (Å²) in [6.07, 6.45) is 0.715. The molecule has 0 saturated carbocycles. The summed E-state index contributed by atoms with van der Waals surface area (Å²) in [5.74, 6) is -1.54. The predicted octanol–water partition coefficient (Wildman–Crippen LogP) is 4.76. The number of esters is 1. The third-order valence-corrected chi connectivity index (χ3v) is 5.11. The van der Waals surface area contributed by atoms with Crippen molar-refractivity contribution < 1.29 is 19.4 Å². The van der Waals surface area contributed by atoms with Crippen molar-refractivity contribution in [2.24, 2.45) is 0 Å². The van der Waals surface area contributed by atoms with Gasteiger partial charge in [0.2, 0.25) is 5.60 Å². The number of benzene rings is 3. The zero-order chi connectivity index (χ0) is 20.9. The number of rotatable bonds is 7. The molecular weight excluding hydrogens is 411 g/mol. The average Bonchev–Trinajstić information content (AvgIpc) is 2.75. The van der Waals surface area contributed by atoms with Crippen molar-refractivity contribution >= 4 is 35.5 Å². The normalized spacial score (nSPS) is 12.2. The van der Waals surface area contributed by atoms with Crippen LogP contribution < -0.4 is 0 Å². The lowest BCUT2D eigenvalue weighted by atomic mass is 9.86. The fourth-order valence-corrected chi connectivity index (χ4v) is 3.22. The average molecular weight is 429 g/mol. The number of hydrogen-bond donors (Lipinski definition) is 1. The van der Waals surface area contributed by atoms with Crippen molar-refractivity contribution in [3.63, 3.8) is 0 Å². The Morgan fingerprint density at radius 1 is 0.897 bits per heavy atom. The molecule has 1 unspecified atom stereocenters. The van der Waals surface area contributed by atoms with E-state index in [2.05, 4.69) is 0 Å². The second-order valence-corrected chi connectivity index (χ2v) is 7.35. The van der Waals surface area contributed by atoms with E-state index in [1.165, 1.54) is 0 Å². The van der Waals surface area contributed by atoms with Crippen molar-refractivity contribution in [1.82, 2.24) is 0 Å². The van der Waals surface area contributed by atoms with Gasteiger partial charge in [-0.2, -0.15) is 0 Å². The standard InChI is InChI=1S/C23H18Cl2O4/c24-20-10-6-18(7-11-20)23(28,19-8-12-21(25)13-9-19)22(27)29-15-17(14-26)16-4-2-1-3-5-16/h1-14,17,28H,15H2. The van der Waals surface area contributed by atoms with E-state index in [0.717, 1.165) is 5.56 Å². The van der Waals surface area contributed by atoms with Crippen molar-refractivity contribution in [1.29, 1.82) is 0 Å². The van der Waals surface area contributed by atoms with Gasteiger partial charge in [-0.05, 0) is 41.0 Å². The molecule has 0 aliphatic carbocycles. The van der Waals surface area contributed by atoms with Gasteiger partial charge in [0.25, 0.3) is 0 Å². The number of aldehydes is 1. The summed E-state index contributed by atoms with van der Waals surface area (Å²) in [6, 6.07) is 21.5. The van der Waals surface area contributed by atoms with Gasteiger partial charge in [-0.25, -0.2) is 4.79 Å². The van der Waals surface area contributed by atoms with E-state index in [1.807, 2.05) is 6.07 Å². The lowest BCUT2D eigenvalue weighted by molar-refractivity contribution is -0.162. The monoisotopic (exact) mass is 428 g/mol. The first-order valence-corrected chi connectivity index (χ1v) is 9.62. The number of aliphatic hydroxyl groups is 1. The van der Waals surface area contributed by atoms with E-state index < -0.39 is 17.5 Å². The molecule has 1 N–H and O–H groups in total. The van der Waals surface area contributed by atoms with E-state index in [-0.39, 0.29) is 17.7 Å². The van der Waals surface area contributed by atoms with Crippen LogP contribution in [-0.2, 0) is 19.9 Å². The lowest BCUT2D eigenvalue weighted by Gasteiger charge is -2.27. The highest BCUT2D eigenvalue weighted by Gasteiger charge is 2.42. The Hall–Kier alpha value is -2.66. The van der Waals surface area contributed by atoms with E-state index in [1.54, 1.807) is 72.8 Å². The summed E-state index contributed by atoms with van der Waals surface area (Å²) in [4.78, 5) is 24.5. The van der Waals surface area contributed by atoms with Crippen LogP contribution in [0.1, 0.15) is 22.6 Å². The summed E-state index contributed by atoms with van der Waals surface area (Å²) in [5.41, 5.74) is -0.788. The molecule has 0 spiro atoms. The Balaban J connectivity index is 1.91. The highest BCUT2D eigenvalue weighted by Crippen LogP contribution is 2.33. The van der Waals surface area contributed by atoms with Gasteiger partial charge in [-0.1, -0.05) is 77.8 Å². The lowest BCUT2D eigenvalue weighted by Crippen LogP contribution is -2.39. The quantitative estimate of drug-likeness (QED) is 0.435. The van der Waals surface area contributed by atoms with E-state index in [9.17, 15) is 14.7 Å². The smallest absolute Gasteiger partial charge is 0.347 e. The van der Waals surface area contributed by atoms with Crippen LogP contribution in [0.15, 0.2) is 78.9 Å². The molecule has 148 valence electrons. The van der Waals surface area contributed by atoms with Crippen LogP contribution in [0.25, 0.3) is 0 Å². The van der Waals surface area contributed by atoms with Gasteiger partial charge in [0, 0.05) is 10.0 Å². The fourth-order valence-electron chi connectivity index (χ4n) is 2.97. The largest absolute Gasteiger partial charge is 0.462 e. The van der Waals surface area contributed by atoms with Crippen LogP contribution in [0, 0.1) is 0 Å².